The normalized spacial score (nSPS) is 18.0. The van der Waals surface area contributed by atoms with E-state index in [9.17, 15) is 4.79 Å². The molecule has 1 aliphatic carbocycles. The van der Waals surface area contributed by atoms with Gasteiger partial charge in [-0.2, -0.15) is 4.98 Å². The molecule has 1 fully saturated rings. The lowest BCUT2D eigenvalue weighted by Crippen LogP contribution is -2.32. The van der Waals surface area contributed by atoms with Gasteiger partial charge in [0.1, 0.15) is 5.82 Å². The first kappa shape index (κ1) is 24.8. The van der Waals surface area contributed by atoms with Gasteiger partial charge in [0.15, 0.2) is 11.0 Å². The average molecular weight is 526 g/mol. The van der Waals surface area contributed by atoms with Crippen molar-refractivity contribution in [1.29, 1.82) is 0 Å². The van der Waals surface area contributed by atoms with Gasteiger partial charge in [0.05, 0.1) is 22.2 Å². The maximum Gasteiger partial charge on any atom is 0.225 e. The van der Waals surface area contributed by atoms with E-state index in [0.29, 0.717) is 51.0 Å². The van der Waals surface area contributed by atoms with E-state index in [0.717, 1.165) is 48.9 Å². The van der Waals surface area contributed by atoms with Gasteiger partial charge in [-0.05, 0) is 62.4 Å². The van der Waals surface area contributed by atoms with E-state index in [-0.39, 0.29) is 5.43 Å². The van der Waals surface area contributed by atoms with Crippen molar-refractivity contribution in [2.24, 2.45) is 5.92 Å². The van der Waals surface area contributed by atoms with Gasteiger partial charge in [0.2, 0.25) is 5.95 Å². The Hall–Kier alpha value is -2.87. The number of hydrogen-bond acceptors (Lipinski definition) is 7. The molecule has 0 aliphatic heterocycles. The number of benzene rings is 2. The van der Waals surface area contributed by atoms with Gasteiger partial charge in [0.25, 0.3) is 0 Å². The summed E-state index contributed by atoms with van der Waals surface area (Å²) in [7, 11) is 4.01. The summed E-state index contributed by atoms with van der Waals surface area (Å²) in [5.41, 5.74) is 1.78. The standard InChI is InChI=1S/C27H29Cl2N5O2/c1-34(2)26-20-5-3-4-6-23(20)32-27(33-26)31-19-9-7-16(8-10-19)13-30-14-17-15-36-25-21(24(17)35)11-18(28)12-22(25)29/h3-6,11-12,15-16,19,30H,7-10,13-14H2,1-2H3,(H,31,32,33). The molecule has 0 amide bonds. The Kier molecular flexibility index (Phi) is 7.32. The molecule has 1 aliphatic rings. The Morgan fingerprint density at radius 2 is 1.83 bits per heavy atom. The number of para-hydroxylation sites is 1. The zero-order chi connectivity index (χ0) is 25.2. The number of rotatable bonds is 7. The summed E-state index contributed by atoms with van der Waals surface area (Å²) in [5, 5.41) is 9.21. The Morgan fingerprint density at radius 3 is 2.61 bits per heavy atom. The molecule has 7 nitrogen and oxygen atoms in total. The monoisotopic (exact) mass is 525 g/mol. The molecule has 0 atom stereocenters. The first-order chi connectivity index (χ1) is 17.4. The van der Waals surface area contributed by atoms with Crippen LogP contribution < -0.4 is 21.0 Å². The highest BCUT2D eigenvalue weighted by molar-refractivity contribution is 6.38. The molecule has 0 radical (unpaired) electrons. The lowest BCUT2D eigenvalue weighted by atomic mass is 9.86. The van der Waals surface area contributed by atoms with Crippen LogP contribution in [0.5, 0.6) is 0 Å². The SMILES string of the molecule is CN(C)c1nc(NC2CCC(CNCc3coc4c(Cl)cc(Cl)cc4c3=O)CC2)nc2ccccc12. The molecular formula is C27H29Cl2N5O2. The van der Waals surface area contributed by atoms with Crippen LogP contribution in [0.3, 0.4) is 0 Å². The Labute approximate surface area is 219 Å². The Balaban J connectivity index is 1.16. The number of nitrogens with one attached hydrogen (secondary N) is 2. The van der Waals surface area contributed by atoms with Crippen molar-refractivity contribution in [2.75, 3.05) is 30.9 Å². The molecule has 0 bridgehead atoms. The molecule has 0 spiro atoms. The van der Waals surface area contributed by atoms with Crippen LogP contribution in [-0.4, -0.2) is 36.6 Å². The van der Waals surface area contributed by atoms with E-state index in [4.69, 9.17) is 37.6 Å². The van der Waals surface area contributed by atoms with Gasteiger partial charge < -0.3 is 20.0 Å². The van der Waals surface area contributed by atoms with Crippen molar-refractivity contribution in [3.8, 4) is 0 Å². The minimum Gasteiger partial charge on any atom is -0.462 e. The van der Waals surface area contributed by atoms with Crippen LogP contribution >= 0.6 is 23.2 Å². The predicted molar refractivity (Wildman–Crippen MR) is 147 cm³/mol. The van der Waals surface area contributed by atoms with E-state index in [1.807, 2.05) is 37.2 Å². The second-order valence-electron chi connectivity index (χ2n) is 9.63. The van der Waals surface area contributed by atoms with Crippen molar-refractivity contribution in [3.63, 3.8) is 0 Å². The fourth-order valence-corrected chi connectivity index (χ4v) is 5.44. The molecule has 5 rings (SSSR count). The number of anilines is 2. The third kappa shape index (κ3) is 5.28. The third-order valence-electron chi connectivity index (χ3n) is 6.80. The van der Waals surface area contributed by atoms with Crippen LogP contribution in [0.15, 0.2) is 51.9 Å². The maximum atomic E-state index is 12.8. The number of nitrogens with zero attached hydrogens (tertiary/aromatic N) is 3. The van der Waals surface area contributed by atoms with Gasteiger partial charge in [0, 0.05) is 42.7 Å². The van der Waals surface area contributed by atoms with Crippen molar-refractivity contribution >= 4 is 56.8 Å². The average Bonchev–Trinajstić information content (AvgIpc) is 2.86. The van der Waals surface area contributed by atoms with E-state index in [2.05, 4.69) is 16.7 Å². The summed E-state index contributed by atoms with van der Waals surface area (Å²) >= 11 is 12.2. The number of fused-ring (bicyclic) bond motifs is 2. The van der Waals surface area contributed by atoms with Crippen LogP contribution in [0, 0.1) is 5.92 Å². The van der Waals surface area contributed by atoms with E-state index in [1.54, 1.807) is 12.1 Å². The second kappa shape index (κ2) is 10.6. The molecule has 188 valence electrons. The summed E-state index contributed by atoms with van der Waals surface area (Å²) in [6.45, 7) is 1.29. The topological polar surface area (TPSA) is 83.3 Å². The fraction of sp³-hybridized carbons (Fsp3) is 0.370. The molecule has 2 aromatic heterocycles. The molecule has 4 aromatic rings. The highest BCUT2D eigenvalue weighted by atomic mass is 35.5. The van der Waals surface area contributed by atoms with E-state index in [1.165, 1.54) is 6.26 Å². The maximum absolute atomic E-state index is 12.8. The zero-order valence-corrected chi connectivity index (χ0v) is 21.9. The largest absolute Gasteiger partial charge is 0.462 e. The highest BCUT2D eigenvalue weighted by Gasteiger charge is 2.22. The molecule has 0 unspecified atom stereocenters. The first-order valence-electron chi connectivity index (χ1n) is 12.2. The highest BCUT2D eigenvalue weighted by Crippen LogP contribution is 2.29. The quantitative estimate of drug-likeness (QED) is 0.312. The molecular weight excluding hydrogens is 497 g/mol. The Bertz CT molecular complexity index is 1450. The first-order valence-corrected chi connectivity index (χ1v) is 13.0. The lowest BCUT2D eigenvalue weighted by molar-refractivity contribution is 0.323. The number of hydrogen-bond donors (Lipinski definition) is 2. The van der Waals surface area contributed by atoms with Crippen molar-refractivity contribution < 1.29 is 4.42 Å². The zero-order valence-electron chi connectivity index (χ0n) is 20.4. The Morgan fingerprint density at radius 1 is 1.06 bits per heavy atom. The van der Waals surface area contributed by atoms with Crippen molar-refractivity contribution in [3.05, 3.63) is 68.5 Å². The van der Waals surface area contributed by atoms with Gasteiger partial charge in [-0.15, -0.1) is 0 Å². The van der Waals surface area contributed by atoms with Crippen LogP contribution in [0.4, 0.5) is 11.8 Å². The van der Waals surface area contributed by atoms with Gasteiger partial charge >= 0.3 is 0 Å². The van der Waals surface area contributed by atoms with Gasteiger partial charge in [-0.1, -0.05) is 35.3 Å². The summed E-state index contributed by atoms with van der Waals surface area (Å²) < 4.78 is 5.62. The third-order valence-corrected chi connectivity index (χ3v) is 7.30. The summed E-state index contributed by atoms with van der Waals surface area (Å²) in [6.07, 6.45) is 5.78. The predicted octanol–water partition coefficient (Wildman–Crippen LogP) is 5.87. The van der Waals surface area contributed by atoms with Crippen molar-refractivity contribution in [1.82, 2.24) is 15.3 Å². The van der Waals surface area contributed by atoms with E-state index >= 15 is 0 Å². The summed E-state index contributed by atoms with van der Waals surface area (Å²) in [5.74, 6) is 2.15. The van der Waals surface area contributed by atoms with Gasteiger partial charge in [-0.25, -0.2) is 4.98 Å². The molecule has 2 N–H and O–H groups in total. The van der Waals surface area contributed by atoms with Gasteiger partial charge in [-0.3, -0.25) is 4.79 Å². The van der Waals surface area contributed by atoms with Crippen LogP contribution in [-0.2, 0) is 6.54 Å². The molecule has 0 saturated heterocycles. The smallest absolute Gasteiger partial charge is 0.225 e. The van der Waals surface area contributed by atoms with Crippen LogP contribution in [0.1, 0.15) is 31.2 Å². The minimum atomic E-state index is -0.103. The number of halogens is 2. The molecule has 36 heavy (non-hydrogen) atoms. The fourth-order valence-electron chi connectivity index (χ4n) is 4.90. The van der Waals surface area contributed by atoms with E-state index < -0.39 is 0 Å². The molecule has 2 heterocycles. The van der Waals surface area contributed by atoms with Crippen LogP contribution in [0.25, 0.3) is 21.9 Å². The minimum absolute atomic E-state index is 0.103. The molecule has 1 saturated carbocycles. The second-order valence-corrected chi connectivity index (χ2v) is 10.5. The van der Waals surface area contributed by atoms with Crippen molar-refractivity contribution in [2.45, 2.75) is 38.3 Å². The van der Waals surface area contributed by atoms with Crippen LogP contribution in [0.2, 0.25) is 10.0 Å². The summed E-state index contributed by atoms with van der Waals surface area (Å²) in [4.78, 5) is 24.4. The summed E-state index contributed by atoms with van der Waals surface area (Å²) in [6, 6.07) is 11.6. The lowest BCUT2D eigenvalue weighted by Gasteiger charge is -2.29. The molecule has 2 aromatic carbocycles. The molecule has 9 heteroatoms. The number of aromatic nitrogens is 2.